The number of carbonyl (C=O) groups excluding carboxylic acids is 1. The molecule has 1 unspecified atom stereocenters. The number of carboxylic acids is 1. The van der Waals surface area contributed by atoms with Gasteiger partial charge in [-0.3, -0.25) is 4.79 Å². The van der Waals surface area contributed by atoms with Crippen LogP contribution >= 0.6 is 0 Å². The highest BCUT2D eigenvalue weighted by atomic mass is 16.4. The lowest BCUT2D eigenvalue weighted by atomic mass is 9.79. The van der Waals surface area contributed by atoms with Crippen molar-refractivity contribution >= 4 is 12.0 Å². The lowest BCUT2D eigenvalue weighted by Gasteiger charge is -2.38. The Balaban J connectivity index is 1.98. The van der Waals surface area contributed by atoms with Gasteiger partial charge in [0.1, 0.15) is 0 Å². The smallest absolute Gasteiger partial charge is 0.317 e. The average Bonchev–Trinajstić information content (AvgIpc) is 2.63. The fraction of sp³-hybridized carbons (Fsp3) is 0.875. The van der Waals surface area contributed by atoms with Gasteiger partial charge in [0, 0.05) is 13.1 Å². The number of nitrogens with one attached hydrogen (secondary N) is 1. The summed E-state index contributed by atoms with van der Waals surface area (Å²) < 4.78 is 0. The van der Waals surface area contributed by atoms with Gasteiger partial charge in [-0.15, -0.1) is 0 Å². The number of carbonyl (C=O) groups is 2. The monoisotopic (exact) mass is 296 g/mol. The Bertz CT molecular complexity index is 378. The summed E-state index contributed by atoms with van der Waals surface area (Å²) in [6.45, 7) is 3.81. The maximum atomic E-state index is 12.5. The number of amides is 2. The molecule has 21 heavy (non-hydrogen) atoms. The van der Waals surface area contributed by atoms with Gasteiger partial charge in [0.15, 0.2) is 0 Å². The second-order valence-electron chi connectivity index (χ2n) is 6.86. The van der Waals surface area contributed by atoms with Crippen molar-refractivity contribution in [2.45, 2.75) is 70.3 Å². The van der Waals surface area contributed by atoms with Crippen LogP contribution in [-0.2, 0) is 4.79 Å². The molecule has 0 radical (unpaired) electrons. The summed E-state index contributed by atoms with van der Waals surface area (Å²) in [4.78, 5) is 25.6. The first-order valence-electron chi connectivity index (χ1n) is 8.30. The van der Waals surface area contributed by atoms with E-state index in [0.29, 0.717) is 5.92 Å². The normalized spacial score (nSPS) is 26.0. The zero-order chi connectivity index (χ0) is 15.3. The zero-order valence-electron chi connectivity index (χ0n) is 13.1. The number of rotatable bonds is 3. The van der Waals surface area contributed by atoms with Gasteiger partial charge in [-0.05, 0) is 38.0 Å². The van der Waals surface area contributed by atoms with Crippen molar-refractivity contribution in [3.05, 3.63) is 0 Å². The van der Waals surface area contributed by atoms with Crippen LogP contribution in [0.25, 0.3) is 0 Å². The summed E-state index contributed by atoms with van der Waals surface area (Å²) in [5.41, 5.74) is -0.529. The molecule has 2 fully saturated rings. The molecule has 1 atom stereocenters. The molecule has 2 N–H and O–H groups in total. The van der Waals surface area contributed by atoms with Gasteiger partial charge >= 0.3 is 12.0 Å². The molecule has 2 aliphatic rings. The number of likely N-dealkylation sites (tertiary alicyclic amines) is 1. The number of hydrogen-bond donors (Lipinski definition) is 2. The summed E-state index contributed by atoms with van der Waals surface area (Å²) in [5.74, 6) is -0.146. The molecule has 5 nitrogen and oxygen atoms in total. The van der Waals surface area contributed by atoms with E-state index in [1.807, 2.05) is 4.90 Å². The molecule has 0 bridgehead atoms. The molecule has 0 aromatic heterocycles. The summed E-state index contributed by atoms with van der Waals surface area (Å²) in [7, 11) is 0. The van der Waals surface area contributed by atoms with Crippen LogP contribution in [0.15, 0.2) is 0 Å². The number of carboxylic acid groups (broad SMARTS) is 1. The number of aliphatic carboxylic acids is 1. The van der Waals surface area contributed by atoms with Gasteiger partial charge in [0.05, 0.1) is 12.0 Å². The van der Waals surface area contributed by atoms with E-state index >= 15 is 0 Å². The first-order chi connectivity index (χ1) is 10.0. The standard InChI is InChI=1S/C16H28N2O3/c1-13-6-5-10-18(11-7-13)15(21)17-16(12-14(19)20)8-3-2-4-9-16/h13H,2-12H2,1H3,(H,17,21)(H,19,20). The molecule has 5 heteroatoms. The molecule has 1 saturated heterocycles. The van der Waals surface area contributed by atoms with Crippen LogP contribution in [0.4, 0.5) is 4.79 Å². The van der Waals surface area contributed by atoms with Crippen molar-refractivity contribution in [1.82, 2.24) is 10.2 Å². The van der Waals surface area contributed by atoms with Crippen LogP contribution < -0.4 is 5.32 Å². The van der Waals surface area contributed by atoms with E-state index in [4.69, 9.17) is 5.11 Å². The van der Waals surface area contributed by atoms with Crippen molar-refractivity contribution < 1.29 is 14.7 Å². The molecule has 0 spiro atoms. The summed E-state index contributed by atoms with van der Waals surface area (Å²) in [5, 5.41) is 12.3. The van der Waals surface area contributed by atoms with E-state index in [0.717, 1.165) is 58.0 Å². The molecule has 2 amide bonds. The van der Waals surface area contributed by atoms with Crippen LogP contribution in [0.3, 0.4) is 0 Å². The minimum Gasteiger partial charge on any atom is -0.481 e. The molecule has 1 heterocycles. The van der Waals surface area contributed by atoms with E-state index < -0.39 is 11.5 Å². The molecule has 0 aromatic carbocycles. The fourth-order valence-electron chi connectivity index (χ4n) is 3.64. The summed E-state index contributed by atoms with van der Waals surface area (Å²) in [6, 6.07) is -0.0627. The second-order valence-corrected chi connectivity index (χ2v) is 6.86. The lowest BCUT2D eigenvalue weighted by Crippen LogP contribution is -2.55. The molecule has 2 rings (SSSR count). The Morgan fingerprint density at radius 1 is 1.14 bits per heavy atom. The number of nitrogens with zero attached hydrogens (tertiary/aromatic N) is 1. The molecular weight excluding hydrogens is 268 g/mol. The highest BCUT2D eigenvalue weighted by Crippen LogP contribution is 2.31. The number of hydrogen-bond acceptors (Lipinski definition) is 2. The van der Waals surface area contributed by atoms with Gasteiger partial charge < -0.3 is 15.3 Å². The van der Waals surface area contributed by atoms with Gasteiger partial charge in [0.2, 0.25) is 0 Å². The first-order valence-corrected chi connectivity index (χ1v) is 8.30. The van der Waals surface area contributed by atoms with Crippen molar-refractivity contribution in [1.29, 1.82) is 0 Å². The first kappa shape index (κ1) is 16.1. The zero-order valence-corrected chi connectivity index (χ0v) is 13.1. The third-order valence-electron chi connectivity index (χ3n) is 4.98. The van der Waals surface area contributed by atoms with Crippen molar-refractivity contribution in [2.75, 3.05) is 13.1 Å². The highest BCUT2D eigenvalue weighted by Gasteiger charge is 2.37. The van der Waals surface area contributed by atoms with Crippen LogP contribution in [0, 0.1) is 5.92 Å². The van der Waals surface area contributed by atoms with Crippen LogP contribution in [-0.4, -0.2) is 40.6 Å². The average molecular weight is 296 g/mol. The Morgan fingerprint density at radius 2 is 1.86 bits per heavy atom. The minimum absolute atomic E-state index is 0.0446. The predicted octanol–water partition coefficient (Wildman–Crippen LogP) is 3.00. The highest BCUT2D eigenvalue weighted by molar-refractivity contribution is 5.77. The summed E-state index contributed by atoms with van der Waals surface area (Å²) >= 11 is 0. The summed E-state index contributed by atoms with van der Waals surface area (Å²) in [6.07, 6.45) is 8.02. The molecule has 1 aliphatic heterocycles. The Kier molecular flexibility index (Phi) is 5.48. The van der Waals surface area contributed by atoms with Crippen molar-refractivity contribution in [3.8, 4) is 0 Å². The minimum atomic E-state index is -0.818. The largest absolute Gasteiger partial charge is 0.481 e. The van der Waals surface area contributed by atoms with Crippen molar-refractivity contribution in [3.63, 3.8) is 0 Å². The quantitative estimate of drug-likeness (QED) is 0.841. The Morgan fingerprint density at radius 3 is 2.52 bits per heavy atom. The van der Waals surface area contributed by atoms with Crippen LogP contribution in [0.5, 0.6) is 0 Å². The topological polar surface area (TPSA) is 69.6 Å². The molecule has 120 valence electrons. The van der Waals surface area contributed by atoms with E-state index in [9.17, 15) is 9.59 Å². The predicted molar refractivity (Wildman–Crippen MR) is 81.2 cm³/mol. The SMILES string of the molecule is CC1CCCN(C(=O)NC2(CC(=O)O)CCCCC2)CC1. The van der Waals surface area contributed by atoms with Crippen LogP contribution in [0.2, 0.25) is 0 Å². The van der Waals surface area contributed by atoms with Gasteiger partial charge in [0.25, 0.3) is 0 Å². The van der Waals surface area contributed by atoms with E-state index in [1.54, 1.807) is 0 Å². The van der Waals surface area contributed by atoms with Gasteiger partial charge in [-0.25, -0.2) is 4.79 Å². The third-order valence-corrected chi connectivity index (χ3v) is 4.98. The maximum absolute atomic E-state index is 12.5. The Labute approximate surface area is 127 Å². The molecule has 0 aromatic rings. The van der Waals surface area contributed by atoms with E-state index in [2.05, 4.69) is 12.2 Å². The fourth-order valence-corrected chi connectivity index (χ4v) is 3.64. The van der Waals surface area contributed by atoms with Gasteiger partial charge in [-0.2, -0.15) is 0 Å². The molecular formula is C16H28N2O3. The van der Waals surface area contributed by atoms with E-state index in [-0.39, 0.29) is 12.5 Å². The van der Waals surface area contributed by atoms with Crippen molar-refractivity contribution in [2.24, 2.45) is 5.92 Å². The third kappa shape index (κ3) is 4.61. The Hall–Kier alpha value is -1.26. The van der Waals surface area contributed by atoms with Gasteiger partial charge in [-0.1, -0.05) is 26.2 Å². The van der Waals surface area contributed by atoms with Crippen LogP contribution in [0.1, 0.15) is 64.7 Å². The molecule has 1 saturated carbocycles. The second kappa shape index (κ2) is 7.14. The lowest BCUT2D eigenvalue weighted by molar-refractivity contribution is -0.139. The molecule has 1 aliphatic carbocycles. The maximum Gasteiger partial charge on any atom is 0.317 e. The number of urea groups is 1. The van der Waals surface area contributed by atoms with E-state index in [1.165, 1.54) is 6.42 Å².